The molecule has 4 nitrogen and oxygen atoms in total. The molecule has 0 bridgehead atoms. The highest BCUT2D eigenvalue weighted by molar-refractivity contribution is 7.13. The molecule has 0 radical (unpaired) electrons. The summed E-state index contributed by atoms with van der Waals surface area (Å²) in [5, 5.41) is 5.34. The van der Waals surface area contributed by atoms with E-state index in [1.807, 2.05) is 17.5 Å². The summed E-state index contributed by atoms with van der Waals surface area (Å²) in [5.74, 6) is -0.0153. The minimum Gasteiger partial charge on any atom is -0.359 e. The Kier molecular flexibility index (Phi) is 3.21. The van der Waals surface area contributed by atoms with Gasteiger partial charge in [-0.15, -0.1) is 11.3 Å². The summed E-state index contributed by atoms with van der Waals surface area (Å²) in [7, 11) is 0. The molecule has 3 rings (SSSR count). The molecule has 1 aliphatic heterocycles. The van der Waals surface area contributed by atoms with Crippen molar-refractivity contribution in [1.82, 2.24) is 4.98 Å². The van der Waals surface area contributed by atoms with Gasteiger partial charge in [0.1, 0.15) is 0 Å². The van der Waals surface area contributed by atoms with Gasteiger partial charge in [0.25, 0.3) is 0 Å². The fourth-order valence-electron chi connectivity index (χ4n) is 2.47. The number of para-hydroxylation sites is 1. The topological polar surface area (TPSA) is 45.2 Å². The van der Waals surface area contributed by atoms with Gasteiger partial charge in [0.05, 0.1) is 6.54 Å². The maximum Gasteiger partial charge on any atom is 0.245 e. The average molecular weight is 273 g/mol. The van der Waals surface area contributed by atoms with Crippen molar-refractivity contribution < 1.29 is 4.79 Å². The van der Waals surface area contributed by atoms with Crippen molar-refractivity contribution in [3.8, 4) is 0 Å². The molecule has 0 fully saturated rings. The fourth-order valence-corrected chi connectivity index (χ4v) is 3.01. The highest BCUT2D eigenvalue weighted by Gasteiger charge is 2.27. The van der Waals surface area contributed by atoms with E-state index in [1.165, 1.54) is 22.6 Å². The number of amides is 1. The number of fused-ring (bicyclic) bond motifs is 1. The second-order valence-corrected chi connectivity index (χ2v) is 5.59. The highest BCUT2D eigenvalue weighted by atomic mass is 32.1. The summed E-state index contributed by atoms with van der Waals surface area (Å²) in [4.78, 5) is 18.2. The number of nitrogens with zero attached hydrogens (tertiary/aromatic N) is 2. The lowest BCUT2D eigenvalue weighted by Crippen LogP contribution is -2.37. The van der Waals surface area contributed by atoms with E-state index in [2.05, 4.69) is 34.3 Å². The third kappa shape index (κ3) is 2.46. The van der Waals surface area contributed by atoms with Crippen molar-refractivity contribution in [2.45, 2.75) is 19.4 Å². The van der Waals surface area contributed by atoms with E-state index in [-0.39, 0.29) is 5.91 Å². The lowest BCUT2D eigenvalue weighted by Gasteiger charge is -2.23. The number of nitrogens with one attached hydrogen (secondary N) is 1. The van der Waals surface area contributed by atoms with E-state index in [9.17, 15) is 4.79 Å². The fraction of sp³-hybridized carbons (Fsp3) is 0.286. The van der Waals surface area contributed by atoms with Crippen molar-refractivity contribution in [2.24, 2.45) is 0 Å². The Hall–Kier alpha value is -1.88. The molecule has 2 aromatic rings. The summed E-state index contributed by atoms with van der Waals surface area (Å²) in [6.07, 6.45) is 2.69. The largest absolute Gasteiger partial charge is 0.359 e. The zero-order valence-electron chi connectivity index (χ0n) is 10.7. The van der Waals surface area contributed by atoms with Crippen LogP contribution in [0.4, 0.5) is 10.8 Å². The second kappa shape index (κ2) is 5.01. The van der Waals surface area contributed by atoms with Gasteiger partial charge >= 0.3 is 0 Å². The third-order valence-corrected chi connectivity index (χ3v) is 4.03. The quantitative estimate of drug-likeness (QED) is 0.934. The standard InChI is InChI=1S/C14H15N3OS/c1-10-8-11-4-2-3-5-12(11)17(10)9-13(18)16-14-15-6-7-19-14/h2-7,10H,8-9H2,1H3,(H,15,16,18). The number of benzene rings is 1. The number of anilines is 2. The number of thiazole rings is 1. The van der Waals surface area contributed by atoms with Crippen LogP contribution in [0.1, 0.15) is 12.5 Å². The van der Waals surface area contributed by atoms with Gasteiger partial charge in [-0.2, -0.15) is 0 Å². The van der Waals surface area contributed by atoms with Crippen molar-refractivity contribution in [1.29, 1.82) is 0 Å². The van der Waals surface area contributed by atoms with Crippen molar-refractivity contribution in [3.05, 3.63) is 41.4 Å². The molecule has 1 unspecified atom stereocenters. The number of carbonyl (C=O) groups excluding carboxylic acids is 1. The summed E-state index contributed by atoms with van der Waals surface area (Å²) in [5.41, 5.74) is 2.49. The molecular weight excluding hydrogens is 258 g/mol. The van der Waals surface area contributed by atoms with Crippen LogP contribution < -0.4 is 10.2 Å². The Morgan fingerprint density at radius 3 is 3.16 bits per heavy atom. The summed E-state index contributed by atoms with van der Waals surface area (Å²) in [6.45, 7) is 2.52. The second-order valence-electron chi connectivity index (χ2n) is 4.70. The highest BCUT2D eigenvalue weighted by Crippen LogP contribution is 2.31. The molecular formula is C14H15N3OS. The lowest BCUT2D eigenvalue weighted by atomic mass is 10.1. The molecule has 1 aliphatic rings. The molecule has 0 aliphatic carbocycles. The van der Waals surface area contributed by atoms with E-state index in [0.717, 1.165) is 6.42 Å². The lowest BCUT2D eigenvalue weighted by molar-refractivity contribution is -0.115. The van der Waals surface area contributed by atoms with E-state index >= 15 is 0 Å². The molecule has 0 spiro atoms. The predicted octanol–water partition coefficient (Wildman–Crippen LogP) is 2.53. The van der Waals surface area contributed by atoms with Crippen LogP contribution in [0, 0.1) is 0 Å². The van der Waals surface area contributed by atoms with Crippen LogP contribution in [0.3, 0.4) is 0 Å². The Morgan fingerprint density at radius 1 is 1.53 bits per heavy atom. The summed E-state index contributed by atoms with van der Waals surface area (Å²) in [6, 6.07) is 8.63. The van der Waals surface area contributed by atoms with E-state index in [0.29, 0.717) is 17.7 Å². The third-order valence-electron chi connectivity index (χ3n) is 3.34. The van der Waals surface area contributed by atoms with Gasteiger partial charge in [0, 0.05) is 23.3 Å². The molecule has 19 heavy (non-hydrogen) atoms. The first-order valence-electron chi connectivity index (χ1n) is 6.28. The zero-order chi connectivity index (χ0) is 13.2. The van der Waals surface area contributed by atoms with Gasteiger partial charge in [-0.25, -0.2) is 4.98 Å². The number of carbonyl (C=O) groups is 1. The van der Waals surface area contributed by atoms with Gasteiger partial charge in [-0.3, -0.25) is 4.79 Å². The molecule has 5 heteroatoms. The van der Waals surface area contributed by atoms with Crippen LogP contribution >= 0.6 is 11.3 Å². The van der Waals surface area contributed by atoms with Crippen LogP contribution in [0.5, 0.6) is 0 Å². The maximum atomic E-state index is 12.0. The predicted molar refractivity (Wildman–Crippen MR) is 77.7 cm³/mol. The molecule has 0 saturated carbocycles. The average Bonchev–Trinajstić information content (AvgIpc) is 2.99. The van der Waals surface area contributed by atoms with E-state index in [4.69, 9.17) is 0 Å². The summed E-state index contributed by atoms with van der Waals surface area (Å²) < 4.78 is 0. The number of hydrogen-bond acceptors (Lipinski definition) is 4. The van der Waals surface area contributed by atoms with E-state index < -0.39 is 0 Å². The number of rotatable bonds is 3. The molecule has 1 amide bonds. The smallest absolute Gasteiger partial charge is 0.245 e. The van der Waals surface area contributed by atoms with Gasteiger partial charge in [0.2, 0.25) is 5.91 Å². The molecule has 1 N–H and O–H groups in total. The molecule has 0 saturated heterocycles. The SMILES string of the molecule is CC1Cc2ccccc2N1CC(=O)Nc1nccs1. The first-order chi connectivity index (χ1) is 9.24. The molecule has 1 aromatic heterocycles. The van der Waals surface area contributed by atoms with Gasteiger partial charge in [-0.05, 0) is 25.0 Å². The van der Waals surface area contributed by atoms with Crippen LogP contribution in [0.15, 0.2) is 35.8 Å². The number of hydrogen-bond donors (Lipinski definition) is 1. The van der Waals surface area contributed by atoms with Crippen LogP contribution in [-0.4, -0.2) is 23.5 Å². The normalized spacial score (nSPS) is 17.3. The Bertz CT molecular complexity index is 582. The maximum absolute atomic E-state index is 12.0. The van der Waals surface area contributed by atoms with Gasteiger partial charge < -0.3 is 10.2 Å². The Balaban J connectivity index is 1.71. The Labute approximate surface area is 116 Å². The zero-order valence-corrected chi connectivity index (χ0v) is 11.5. The summed E-state index contributed by atoms with van der Waals surface area (Å²) >= 11 is 1.43. The van der Waals surface area contributed by atoms with Crippen LogP contribution in [-0.2, 0) is 11.2 Å². The van der Waals surface area contributed by atoms with Crippen LogP contribution in [0.2, 0.25) is 0 Å². The van der Waals surface area contributed by atoms with Gasteiger partial charge in [0.15, 0.2) is 5.13 Å². The van der Waals surface area contributed by atoms with Gasteiger partial charge in [-0.1, -0.05) is 18.2 Å². The monoisotopic (exact) mass is 273 g/mol. The minimum atomic E-state index is -0.0153. The molecule has 2 heterocycles. The van der Waals surface area contributed by atoms with Crippen molar-refractivity contribution in [2.75, 3.05) is 16.8 Å². The minimum absolute atomic E-state index is 0.0153. The van der Waals surface area contributed by atoms with E-state index in [1.54, 1.807) is 6.20 Å². The van der Waals surface area contributed by atoms with Crippen molar-refractivity contribution in [3.63, 3.8) is 0 Å². The van der Waals surface area contributed by atoms with Crippen molar-refractivity contribution >= 4 is 28.1 Å². The molecule has 98 valence electrons. The molecule has 1 atom stereocenters. The number of aromatic nitrogens is 1. The molecule has 1 aromatic carbocycles. The first kappa shape index (κ1) is 12.2. The van der Waals surface area contributed by atoms with Crippen LogP contribution in [0.25, 0.3) is 0 Å². The Morgan fingerprint density at radius 2 is 2.37 bits per heavy atom. The first-order valence-corrected chi connectivity index (χ1v) is 7.16.